The van der Waals surface area contributed by atoms with Crippen molar-refractivity contribution in [3.63, 3.8) is 0 Å². The van der Waals surface area contributed by atoms with Crippen LogP contribution in [0.25, 0.3) is 21.7 Å². The quantitative estimate of drug-likeness (QED) is 0.358. The lowest BCUT2D eigenvalue weighted by Crippen LogP contribution is -1.96. The van der Waals surface area contributed by atoms with Crippen LogP contribution in [-0.2, 0) is 27.8 Å². The molecule has 0 spiro atoms. The van der Waals surface area contributed by atoms with Crippen LogP contribution < -0.4 is 0 Å². The Morgan fingerprint density at radius 1 is 0.871 bits per heavy atom. The molecule has 0 saturated carbocycles. The first kappa shape index (κ1) is 21.4. The molecule has 0 radical (unpaired) electrons. The molecule has 1 aromatic heterocycles. The van der Waals surface area contributed by atoms with Gasteiger partial charge in [-0.05, 0) is 35.4 Å². The van der Waals surface area contributed by atoms with Crippen LogP contribution in [0.4, 0.5) is 4.39 Å². The molecule has 158 valence electrons. The largest absolute Gasteiger partial charge is 0.370 e. The molecule has 0 unspecified atom stereocenters. The van der Waals surface area contributed by atoms with E-state index in [2.05, 4.69) is 0 Å². The fraction of sp³-hybridized carbons (Fsp3) is 0.125. The second kappa shape index (κ2) is 9.09. The molecule has 0 atom stereocenters. The van der Waals surface area contributed by atoms with E-state index in [0.717, 1.165) is 32.3 Å². The van der Waals surface area contributed by atoms with E-state index in [0.29, 0.717) is 13.2 Å². The SMILES string of the molecule is CS(=O)(=O)c1ccc(-c2nc(COCc3ccccc3)sc2-c2ccc(F)cc2)cc1. The van der Waals surface area contributed by atoms with Gasteiger partial charge in [-0.25, -0.2) is 17.8 Å². The van der Waals surface area contributed by atoms with Gasteiger partial charge < -0.3 is 4.74 Å². The number of aromatic nitrogens is 1. The van der Waals surface area contributed by atoms with Crippen LogP contribution in [0.15, 0.2) is 83.8 Å². The molecule has 0 saturated heterocycles. The molecule has 0 aliphatic carbocycles. The molecule has 0 fully saturated rings. The van der Waals surface area contributed by atoms with E-state index in [-0.39, 0.29) is 10.7 Å². The van der Waals surface area contributed by atoms with Crippen molar-refractivity contribution in [1.82, 2.24) is 4.98 Å². The van der Waals surface area contributed by atoms with Crippen LogP contribution in [-0.4, -0.2) is 19.7 Å². The van der Waals surface area contributed by atoms with Crippen LogP contribution in [0.3, 0.4) is 0 Å². The number of benzene rings is 3. The third-order valence-corrected chi connectivity index (χ3v) is 6.88. The fourth-order valence-corrected chi connectivity index (χ4v) is 4.77. The van der Waals surface area contributed by atoms with Gasteiger partial charge >= 0.3 is 0 Å². The summed E-state index contributed by atoms with van der Waals surface area (Å²) in [7, 11) is -3.28. The monoisotopic (exact) mass is 453 g/mol. The Hall–Kier alpha value is -2.87. The van der Waals surface area contributed by atoms with E-state index in [9.17, 15) is 12.8 Å². The molecule has 0 aliphatic heterocycles. The molecule has 0 bridgehead atoms. The minimum absolute atomic E-state index is 0.251. The third kappa shape index (κ3) is 5.25. The first-order chi connectivity index (χ1) is 14.9. The number of halogens is 1. The normalized spacial score (nSPS) is 11.5. The highest BCUT2D eigenvalue weighted by atomic mass is 32.2. The molecule has 31 heavy (non-hydrogen) atoms. The second-order valence-electron chi connectivity index (χ2n) is 7.07. The van der Waals surface area contributed by atoms with Gasteiger partial charge in [0.05, 0.1) is 28.7 Å². The molecule has 0 amide bonds. The van der Waals surface area contributed by atoms with Gasteiger partial charge in [0.2, 0.25) is 0 Å². The van der Waals surface area contributed by atoms with Gasteiger partial charge in [0, 0.05) is 11.8 Å². The Bertz CT molecular complexity index is 1270. The molecule has 4 aromatic rings. The smallest absolute Gasteiger partial charge is 0.175 e. The Kier molecular flexibility index (Phi) is 6.27. The molecule has 3 aromatic carbocycles. The Morgan fingerprint density at radius 2 is 1.52 bits per heavy atom. The van der Waals surface area contributed by atoms with Gasteiger partial charge in [-0.15, -0.1) is 11.3 Å². The zero-order valence-electron chi connectivity index (χ0n) is 16.8. The summed E-state index contributed by atoms with van der Waals surface area (Å²) in [6.45, 7) is 0.819. The summed E-state index contributed by atoms with van der Waals surface area (Å²) in [5, 5.41) is 0.789. The lowest BCUT2D eigenvalue weighted by molar-refractivity contribution is 0.107. The highest BCUT2D eigenvalue weighted by Crippen LogP contribution is 2.37. The average Bonchev–Trinajstić information content (AvgIpc) is 3.19. The van der Waals surface area contributed by atoms with Crippen molar-refractivity contribution in [3.05, 3.63) is 95.3 Å². The summed E-state index contributed by atoms with van der Waals surface area (Å²) in [6.07, 6.45) is 1.18. The van der Waals surface area contributed by atoms with Gasteiger partial charge in [-0.3, -0.25) is 0 Å². The predicted octanol–water partition coefficient (Wildman–Crippen LogP) is 5.74. The number of rotatable bonds is 7. The van der Waals surface area contributed by atoms with Crippen LogP contribution in [0, 0.1) is 5.82 Å². The van der Waals surface area contributed by atoms with Crippen molar-refractivity contribution in [1.29, 1.82) is 0 Å². The summed E-state index contributed by atoms with van der Waals surface area (Å²) in [5.74, 6) is -0.307. The first-order valence-corrected chi connectivity index (χ1v) is 12.3. The Morgan fingerprint density at radius 3 is 2.16 bits per heavy atom. The lowest BCUT2D eigenvalue weighted by Gasteiger charge is -2.04. The number of sulfone groups is 1. The Labute approximate surface area is 184 Å². The lowest BCUT2D eigenvalue weighted by atomic mass is 10.1. The van der Waals surface area contributed by atoms with E-state index in [4.69, 9.17) is 9.72 Å². The summed E-state index contributed by atoms with van der Waals surface area (Å²) in [6, 6.07) is 22.8. The highest BCUT2D eigenvalue weighted by molar-refractivity contribution is 7.90. The number of nitrogens with zero attached hydrogens (tertiary/aromatic N) is 1. The van der Waals surface area contributed by atoms with Gasteiger partial charge in [-0.1, -0.05) is 54.6 Å². The van der Waals surface area contributed by atoms with E-state index >= 15 is 0 Å². The molecular weight excluding hydrogens is 433 g/mol. The maximum Gasteiger partial charge on any atom is 0.175 e. The number of thiazole rings is 1. The summed E-state index contributed by atoms with van der Waals surface area (Å²) in [4.78, 5) is 5.88. The van der Waals surface area contributed by atoms with Crippen molar-refractivity contribution in [2.45, 2.75) is 18.1 Å². The summed E-state index contributed by atoms with van der Waals surface area (Å²) in [5.41, 5.74) is 3.43. The molecule has 4 rings (SSSR count). The molecule has 1 heterocycles. The van der Waals surface area contributed by atoms with Gasteiger partial charge in [0.15, 0.2) is 9.84 Å². The Balaban J connectivity index is 1.64. The fourth-order valence-electron chi connectivity index (χ4n) is 3.11. The number of hydrogen-bond acceptors (Lipinski definition) is 5. The van der Waals surface area contributed by atoms with E-state index in [1.54, 1.807) is 36.4 Å². The number of ether oxygens (including phenoxy) is 1. The maximum absolute atomic E-state index is 13.4. The van der Waals surface area contributed by atoms with Crippen molar-refractivity contribution < 1.29 is 17.5 Å². The standard InChI is InChI=1S/C24H20FNO3S2/c1-31(27,28)21-13-9-18(10-14-21)23-24(19-7-11-20(25)12-8-19)30-22(26-23)16-29-15-17-5-3-2-4-6-17/h2-14H,15-16H2,1H3. The van der Waals surface area contributed by atoms with Crippen molar-refractivity contribution in [2.75, 3.05) is 6.26 Å². The van der Waals surface area contributed by atoms with Crippen LogP contribution in [0.2, 0.25) is 0 Å². The van der Waals surface area contributed by atoms with Crippen molar-refractivity contribution >= 4 is 21.2 Å². The zero-order valence-corrected chi connectivity index (χ0v) is 18.4. The minimum Gasteiger partial charge on any atom is -0.370 e. The summed E-state index contributed by atoms with van der Waals surface area (Å²) >= 11 is 1.48. The molecule has 0 aliphatic rings. The van der Waals surface area contributed by atoms with E-state index in [1.165, 1.54) is 29.7 Å². The average molecular weight is 454 g/mol. The molecule has 7 heteroatoms. The second-order valence-corrected chi connectivity index (χ2v) is 10.2. The third-order valence-electron chi connectivity index (χ3n) is 4.67. The molecule has 4 nitrogen and oxygen atoms in total. The summed E-state index contributed by atoms with van der Waals surface area (Å²) < 4.78 is 42.8. The van der Waals surface area contributed by atoms with Gasteiger partial charge in [-0.2, -0.15) is 0 Å². The predicted molar refractivity (Wildman–Crippen MR) is 121 cm³/mol. The van der Waals surface area contributed by atoms with Gasteiger partial charge in [0.1, 0.15) is 10.8 Å². The molecular formula is C24H20FNO3S2. The van der Waals surface area contributed by atoms with Crippen molar-refractivity contribution in [3.8, 4) is 21.7 Å². The van der Waals surface area contributed by atoms with Crippen molar-refractivity contribution in [2.24, 2.45) is 0 Å². The van der Waals surface area contributed by atoms with Crippen LogP contribution in [0.1, 0.15) is 10.6 Å². The van der Waals surface area contributed by atoms with E-state index < -0.39 is 9.84 Å². The van der Waals surface area contributed by atoms with Crippen LogP contribution in [0.5, 0.6) is 0 Å². The maximum atomic E-state index is 13.4. The van der Waals surface area contributed by atoms with Gasteiger partial charge in [0.25, 0.3) is 0 Å². The minimum atomic E-state index is -3.28. The highest BCUT2D eigenvalue weighted by Gasteiger charge is 2.16. The van der Waals surface area contributed by atoms with Crippen LogP contribution >= 0.6 is 11.3 Å². The first-order valence-electron chi connectivity index (χ1n) is 9.58. The zero-order chi connectivity index (χ0) is 21.8. The topological polar surface area (TPSA) is 56.3 Å². The number of hydrogen-bond donors (Lipinski definition) is 0. The van der Waals surface area contributed by atoms with E-state index in [1.807, 2.05) is 30.3 Å². The molecule has 0 N–H and O–H groups in total.